The van der Waals surface area contributed by atoms with Crippen LogP contribution in [0.2, 0.25) is 0 Å². The van der Waals surface area contributed by atoms with Crippen LogP contribution in [-0.2, 0) is 0 Å². The fraction of sp³-hybridized carbons (Fsp3) is 0.733. The Labute approximate surface area is 144 Å². The summed E-state index contributed by atoms with van der Waals surface area (Å²) >= 11 is 6.49. The van der Waals surface area contributed by atoms with Gasteiger partial charge in [0.15, 0.2) is 5.11 Å². The van der Waals surface area contributed by atoms with Gasteiger partial charge in [0, 0.05) is 5.54 Å². The van der Waals surface area contributed by atoms with Crippen molar-refractivity contribution >= 4 is 34.8 Å². The Morgan fingerprint density at radius 1 is 1.17 bits per heavy atom. The monoisotopic (exact) mass is 351 g/mol. The Balaban J connectivity index is 1.34. The van der Waals surface area contributed by atoms with Crippen molar-refractivity contribution in [3.8, 4) is 0 Å². The number of hydrogen-bond donors (Lipinski definition) is 3. The summed E-state index contributed by atoms with van der Waals surface area (Å²) in [5.74, 6) is 2.33. The summed E-state index contributed by atoms with van der Waals surface area (Å²) in [5, 5.41) is 7.87. The second-order valence-corrected chi connectivity index (χ2v) is 8.58. The highest BCUT2D eigenvalue weighted by Crippen LogP contribution is 2.55. The van der Waals surface area contributed by atoms with Crippen molar-refractivity contribution in [1.82, 2.24) is 25.8 Å². The quantitative estimate of drug-likeness (QED) is 0.558. The molecule has 1 aromatic rings. The molecule has 6 nitrogen and oxygen atoms in total. The predicted octanol–water partition coefficient (Wildman–Crippen LogP) is 1.92. The van der Waals surface area contributed by atoms with E-state index in [1.807, 2.05) is 0 Å². The molecule has 1 heterocycles. The van der Waals surface area contributed by atoms with Crippen LogP contribution in [0.25, 0.3) is 0 Å². The van der Waals surface area contributed by atoms with E-state index >= 15 is 0 Å². The third-order valence-corrected chi connectivity index (χ3v) is 6.60. The van der Waals surface area contributed by atoms with E-state index in [0.29, 0.717) is 15.7 Å². The second-order valence-electron chi connectivity index (χ2n) is 7.42. The zero-order valence-electron chi connectivity index (χ0n) is 13.1. The molecule has 0 aromatic carbocycles. The highest BCUT2D eigenvalue weighted by atomic mass is 32.1. The van der Waals surface area contributed by atoms with Gasteiger partial charge in [0.25, 0.3) is 5.91 Å². The lowest BCUT2D eigenvalue weighted by Gasteiger charge is -2.57. The van der Waals surface area contributed by atoms with Gasteiger partial charge in [-0.15, -0.1) is 5.10 Å². The smallest absolute Gasteiger partial charge is 0.283 e. The van der Waals surface area contributed by atoms with Crippen molar-refractivity contribution in [3.63, 3.8) is 0 Å². The number of carbonyl (C=O) groups is 1. The summed E-state index contributed by atoms with van der Waals surface area (Å²) in [7, 11) is 0. The summed E-state index contributed by atoms with van der Waals surface area (Å²) in [6.07, 6.45) is 7.84. The van der Waals surface area contributed by atoms with Crippen LogP contribution in [0.5, 0.6) is 0 Å². The van der Waals surface area contributed by atoms with Gasteiger partial charge in [-0.1, -0.05) is 4.49 Å². The van der Waals surface area contributed by atoms with E-state index in [1.54, 1.807) is 6.92 Å². The maximum absolute atomic E-state index is 12.1. The molecule has 4 aliphatic carbocycles. The van der Waals surface area contributed by atoms with Gasteiger partial charge in [0.05, 0.1) is 5.69 Å². The molecule has 124 valence electrons. The van der Waals surface area contributed by atoms with Gasteiger partial charge >= 0.3 is 0 Å². The number of aryl methyl sites for hydroxylation is 1. The summed E-state index contributed by atoms with van der Waals surface area (Å²) in [4.78, 5) is 12.6. The number of amides is 1. The Morgan fingerprint density at radius 2 is 1.78 bits per heavy atom. The molecular weight excluding hydrogens is 330 g/mol. The van der Waals surface area contributed by atoms with Crippen molar-refractivity contribution in [2.24, 2.45) is 17.8 Å². The number of rotatable bonds is 2. The fourth-order valence-electron chi connectivity index (χ4n) is 5.15. The van der Waals surface area contributed by atoms with Crippen molar-refractivity contribution in [3.05, 3.63) is 10.6 Å². The molecule has 0 spiro atoms. The van der Waals surface area contributed by atoms with E-state index in [0.717, 1.165) is 29.3 Å². The lowest BCUT2D eigenvalue weighted by atomic mass is 9.53. The third-order valence-electron chi connectivity index (χ3n) is 5.56. The highest BCUT2D eigenvalue weighted by Gasteiger charge is 2.51. The van der Waals surface area contributed by atoms with Crippen molar-refractivity contribution in [2.45, 2.75) is 51.0 Å². The van der Waals surface area contributed by atoms with Gasteiger partial charge in [-0.05, 0) is 87.0 Å². The minimum atomic E-state index is -0.243. The molecule has 5 rings (SSSR count). The molecule has 0 atom stereocenters. The zero-order chi connectivity index (χ0) is 16.0. The molecule has 0 radical (unpaired) electrons. The van der Waals surface area contributed by atoms with E-state index < -0.39 is 0 Å². The van der Waals surface area contributed by atoms with Crippen LogP contribution in [-0.4, -0.2) is 26.1 Å². The number of hydrazine groups is 1. The van der Waals surface area contributed by atoms with E-state index in [2.05, 4.69) is 25.8 Å². The molecule has 23 heavy (non-hydrogen) atoms. The lowest BCUT2D eigenvalue weighted by Crippen LogP contribution is -2.62. The van der Waals surface area contributed by atoms with Gasteiger partial charge < -0.3 is 5.32 Å². The van der Waals surface area contributed by atoms with Crippen LogP contribution in [0.4, 0.5) is 0 Å². The zero-order valence-corrected chi connectivity index (χ0v) is 14.7. The largest absolute Gasteiger partial charge is 0.356 e. The first-order valence-corrected chi connectivity index (χ1v) is 9.39. The van der Waals surface area contributed by atoms with Crippen molar-refractivity contribution in [1.29, 1.82) is 0 Å². The first kappa shape index (κ1) is 15.3. The number of thiocarbonyl (C=S) groups is 1. The van der Waals surface area contributed by atoms with Gasteiger partial charge in [0.1, 0.15) is 4.88 Å². The number of carbonyl (C=O) groups excluding carboxylic acids is 1. The van der Waals surface area contributed by atoms with Gasteiger partial charge in [-0.25, -0.2) is 0 Å². The molecule has 0 unspecified atom stereocenters. The predicted molar refractivity (Wildman–Crippen MR) is 91.9 cm³/mol. The van der Waals surface area contributed by atoms with E-state index in [1.165, 1.54) is 38.5 Å². The second kappa shape index (κ2) is 5.66. The average molecular weight is 352 g/mol. The standard InChI is InChI=1S/C15H21N5OS2/c1-8-12(23-20-17-8)13(21)18-19-14(22)16-15-5-9-2-10(6-15)4-11(3-9)7-15/h9-11H,2-7H2,1H3,(H,18,21)(H2,16,19,22). The Kier molecular flexibility index (Phi) is 3.76. The van der Waals surface area contributed by atoms with Gasteiger partial charge in [-0.2, -0.15) is 0 Å². The molecule has 0 saturated heterocycles. The Bertz CT molecular complexity index is 608. The average Bonchev–Trinajstić information content (AvgIpc) is 2.89. The van der Waals surface area contributed by atoms with E-state index in [-0.39, 0.29) is 11.4 Å². The summed E-state index contributed by atoms with van der Waals surface area (Å²) in [5.41, 5.74) is 6.27. The number of hydrogen-bond acceptors (Lipinski definition) is 5. The first-order chi connectivity index (χ1) is 11.0. The molecule has 4 fully saturated rings. The molecule has 1 amide bonds. The van der Waals surface area contributed by atoms with Gasteiger partial charge in [-0.3, -0.25) is 15.6 Å². The molecule has 4 saturated carbocycles. The topological polar surface area (TPSA) is 78.9 Å². The molecule has 4 aliphatic rings. The maximum Gasteiger partial charge on any atom is 0.283 e. The molecule has 8 heteroatoms. The first-order valence-electron chi connectivity index (χ1n) is 8.20. The number of nitrogens with one attached hydrogen (secondary N) is 3. The molecular formula is C15H21N5OS2. The van der Waals surface area contributed by atoms with Crippen LogP contribution < -0.4 is 16.2 Å². The van der Waals surface area contributed by atoms with Crippen molar-refractivity contribution < 1.29 is 4.79 Å². The summed E-state index contributed by atoms with van der Waals surface area (Å²) < 4.78 is 3.77. The van der Waals surface area contributed by atoms with Crippen LogP contribution in [0.15, 0.2) is 0 Å². The molecule has 4 bridgehead atoms. The number of aromatic nitrogens is 2. The Morgan fingerprint density at radius 3 is 2.30 bits per heavy atom. The summed E-state index contributed by atoms with van der Waals surface area (Å²) in [6, 6.07) is 0. The number of nitrogens with zero attached hydrogens (tertiary/aromatic N) is 2. The third kappa shape index (κ3) is 2.94. The van der Waals surface area contributed by atoms with E-state index in [4.69, 9.17) is 12.2 Å². The minimum absolute atomic E-state index is 0.144. The molecule has 1 aromatic heterocycles. The normalized spacial score (nSPS) is 34.2. The maximum atomic E-state index is 12.1. The summed E-state index contributed by atoms with van der Waals surface area (Å²) in [6.45, 7) is 1.77. The van der Waals surface area contributed by atoms with E-state index in [9.17, 15) is 4.79 Å². The van der Waals surface area contributed by atoms with Crippen LogP contribution in [0, 0.1) is 24.7 Å². The molecule has 3 N–H and O–H groups in total. The van der Waals surface area contributed by atoms with Crippen LogP contribution in [0.1, 0.15) is 53.9 Å². The lowest BCUT2D eigenvalue weighted by molar-refractivity contribution is -0.0102. The Hall–Kier alpha value is -1.28. The SMILES string of the molecule is Cc1nnsc1C(=O)NNC(=S)NC12CC3CC(CC(C3)C1)C2. The molecule has 0 aliphatic heterocycles. The van der Waals surface area contributed by atoms with Gasteiger partial charge in [0.2, 0.25) is 0 Å². The van der Waals surface area contributed by atoms with Crippen LogP contribution >= 0.6 is 23.8 Å². The minimum Gasteiger partial charge on any atom is -0.356 e. The highest BCUT2D eigenvalue weighted by molar-refractivity contribution is 7.80. The van der Waals surface area contributed by atoms with Crippen molar-refractivity contribution in [2.75, 3.05) is 0 Å². The fourth-order valence-corrected chi connectivity index (χ4v) is 5.97. The van der Waals surface area contributed by atoms with Crippen LogP contribution in [0.3, 0.4) is 0 Å².